The van der Waals surface area contributed by atoms with Gasteiger partial charge >= 0.3 is 0 Å². The van der Waals surface area contributed by atoms with Crippen molar-refractivity contribution < 1.29 is 4.74 Å². The van der Waals surface area contributed by atoms with Gasteiger partial charge in [0.15, 0.2) is 0 Å². The molecule has 0 saturated carbocycles. The Balaban J connectivity index is 2.72. The Hall–Kier alpha value is -0.760. The minimum atomic E-state index is -0.118. The van der Waals surface area contributed by atoms with Crippen LogP contribution in [0.1, 0.15) is 6.92 Å². The van der Waals surface area contributed by atoms with Crippen molar-refractivity contribution in [3.05, 3.63) is 48.8 Å². The van der Waals surface area contributed by atoms with Gasteiger partial charge in [-0.1, -0.05) is 46.8 Å². The standard InChI is InChI=1S/C11H13BrO/c1-3-8-13-10-6-4-5-7-11(2,12)9-10/h3-7,9H,1,8H2,2H3. The summed E-state index contributed by atoms with van der Waals surface area (Å²) in [4.78, 5) is 0. The van der Waals surface area contributed by atoms with Crippen LogP contribution in [0.15, 0.2) is 48.8 Å². The highest BCUT2D eigenvalue weighted by Gasteiger charge is 2.14. The number of ether oxygens (including phenoxy) is 1. The maximum Gasteiger partial charge on any atom is 0.117 e. The second-order valence-corrected chi connectivity index (χ2v) is 4.72. The molecule has 1 rings (SSSR count). The molecule has 1 aliphatic rings. The van der Waals surface area contributed by atoms with Crippen LogP contribution in [-0.2, 0) is 4.74 Å². The molecule has 1 unspecified atom stereocenters. The number of allylic oxidation sites excluding steroid dienone is 5. The molecule has 70 valence electrons. The Morgan fingerprint density at radius 3 is 3.08 bits per heavy atom. The average Bonchev–Trinajstić information content (AvgIpc) is 2.22. The van der Waals surface area contributed by atoms with E-state index in [0.29, 0.717) is 6.61 Å². The Morgan fingerprint density at radius 2 is 2.38 bits per heavy atom. The van der Waals surface area contributed by atoms with Crippen molar-refractivity contribution in [2.75, 3.05) is 6.61 Å². The predicted octanol–water partition coefficient (Wildman–Crippen LogP) is 3.35. The summed E-state index contributed by atoms with van der Waals surface area (Å²) >= 11 is 3.57. The van der Waals surface area contributed by atoms with Gasteiger partial charge in [-0.25, -0.2) is 0 Å². The lowest BCUT2D eigenvalue weighted by atomic mass is 10.1. The third kappa shape index (κ3) is 3.64. The summed E-state index contributed by atoms with van der Waals surface area (Å²) in [6, 6.07) is 0. The maximum atomic E-state index is 5.43. The van der Waals surface area contributed by atoms with Crippen molar-refractivity contribution in [1.82, 2.24) is 0 Å². The summed E-state index contributed by atoms with van der Waals surface area (Å²) in [7, 11) is 0. The SMILES string of the molecule is C=CCOC1=CC(C)(Br)C=CC=C1. The van der Waals surface area contributed by atoms with E-state index in [1.807, 2.05) is 24.3 Å². The molecule has 0 heterocycles. The predicted molar refractivity (Wildman–Crippen MR) is 59.8 cm³/mol. The summed E-state index contributed by atoms with van der Waals surface area (Å²) in [6.45, 7) is 6.21. The zero-order valence-electron chi connectivity index (χ0n) is 7.66. The van der Waals surface area contributed by atoms with Gasteiger partial charge in [-0.05, 0) is 19.1 Å². The molecule has 1 aliphatic carbocycles. The highest BCUT2D eigenvalue weighted by Crippen LogP contribution is 2.25. The zero-order valence-corrected chi connectivity index (χ0v) is 9.25. The molecule has 0 saturated heterocycles. The largest absolute Gasteiger partial charge is 0.490 e. The molecule has 0 amide bonds. The second kappa shape index (κ2) is 4.47. The zero-order chi connectivity index (χ0) is 9.73. The molecule has 0 fully saturated rings. The van der Waals surface area contributed by atoms with E-state index in [1.165, 1.54) is 0 Å². The van der Waals surface area contributed by atoms with Gasteiger partial charge in [-0.15, -0.1) is 0 Å². The first-order valence-corrected chi connectivity index (χ1v) is 4.95. The van der Waals surface area contributed by atoms with Crippen molar-refractivity contribution in [3.8, 4) is 0 Å². The van der Waals surface area contributed by atoms with Crippen LogP contribution >= 0.6 is 15.9 Å². The summed E-state index contributed by atoms with van der Waals surface area (Å²) in [5.41, 5.74) is 0. The van der Waals surface area contributed by atoms with Crippen molar-refractivity contribution in [2.45, 2.75) is 11.2 Å². The Morgan fingerprint density at radius 1 is 1.62 bits per heavy atom. The molecule has 0 N–H and O–H groups in total. The van der Waals surface area contributed by atoms with Crippen molar-refractivity contribution in [2.24, 2.45) is 0 Å². The van der Waals surface area contributed by atoms with Crippen LogP contribution in [0.5, 0.6) is 0 Å². The summed E-state index contributed by atoms with van der Waals surface area (Å²) in [5.74, 6) is 0.865. The smallest absolute Gasteiger partial charge is 0.117 e. The molecule has 1 atom stereocenters. The first-order valence-electron chi connectivity index (χ1n) is 4.15. The van der Waals surface area contributed by atoms with Gasteiger partial charge < -0.3 is 4.74 Å². The van der Waals surface area contributed by atoms with Gasteiger partial charge in [-0.2, -0.15) is 0 Å². The van der Waals surface area contributed by atoms with E-state index < -0.39 is 0 Å². The quantitative estimate of drug-likeness (QED) is 0.543. The lowest BCUT2D eigenvalue weighted by Gasteiger charge is -2.13. The highest BCUT2D eigenvalue weighted by molar-refractivity contribution is 9.10. The molecular formula is C11H13BrO. The van der Waals surface area contributed by atoms with Gasteiger partial charge in [-0.3, -0.25) is 0 Å². The maximum absolute atomic E-state index is 5.43. The van der Waals surface area contributed by atoms with E-state index in [4.69, 9.17) is 4.74 Å². The van der Waals surface area contributed by atoms with Crippen LogP contribution in [0, 0.1) is 0 Å². The number of halogens is 1. The molecule has 0 spiro atoms. The highest BCUT2D eigenvalue weighted by atomic mass is 79.9. The molecule has 0 aromatic heterocycles. The van der Waals surface area contributed by atoms with Crippen molar-refractivity contribution >= 4 is 15.9 Å². The minimum absolute atomic E-state index is 0.118. The molecule has 0 aromatic carbocycles. The average molecular weight is 241 g/mol. The van der Waals surface area contributed by atoms with Crippen LogP contribution < -0.4 is 0 Å². The first kappa shape index (κ1) is 10.3. The summed E-state index contributed by atoms with van der Waals surface area (Å²) < 4.78 is 5.32. The molecule has 2 heteroatoms. The molecule has 0 radical (unpaired) electrons. The lowest BCUT2D eigenvalue weighted by molar-refractivity contribution is 0.260. The van der Waals surface area contributed by atoms with Gasteiger partial charge in [0.05, 0.1) is 4.32 Å². The minimum Gasteiger partial charge on any atom is -0.490 e. The summed E-state index contributed by atoms with van der Waals surface area (Å²) in [5, 5.41) is 0. The van der Waals surface area contributed by atoms with Gasteiger partial charge in [0, 0.05) is 0 Å². The van der Waals surface area contributed by atoms with E-state index >= 15 is 0 Å². The van der Waals surface area contributed by atoms with E-state index in [0.717, 1.165) is 5.76 Å². The van der Waals surface area contributed by atoms with Gasteiger partial charge in [0.1, 0.15) is 12.4 Å². The second-order valence-electron chi connectivity index (χ2n) is 3.02. The fourth-order valence-electron chi connectivity index (χ4n) is 1.01. The summed E-state index contributed by atoms with van der Waals surface area (Å²) in [6.07, 6.45) is 11.7. The lowest BCUT2D eigenvalue weighted by Crippen LogP contribution is -2.07. The van der Waals surface area contributed by atoms with E-state index in [-0.39, 0.29) is 4.32 Å². The van der Waals surface area contributed by atoms with Gasteiger partial charge in [0.25, 0.3) is 0 Å². The number of alkyl halides is 1. The molecule has 1 nitrogen and oxygen atoms in total. The molecule has 13 heavy (non-hydrogen) atoms. The van der Waals surface area contributed by atoms with Crippen LogP contribution in [-0.4, -0.2) is 10.9 Å². The van der Waals surface area contributed by atoms with E-state index in [9.17, 15) is 0 Å². The monoisotopic (exact) mass is 240 g/mol. The fourth-order valence-corrected chi connectivity index (χ4v) is 1.39. The number of rotatable bonds is 3. The molecule has 0 bridgehead atoms. The number of hydrogen-bond acceptors (Lipinski definition) is 1. The van der Waals surface area contributed by atoms with E-state index in [1.54, 1.807) is 6.08 Å². The third-order valence-corrected chi connectivity index (χ3v) is 2.08. The number of hydrogen-bond donors (Lipinski definition) is 0. The van der Waals surface area contributed by atoms with Crippen LogP contribution in [0.3, 0.4) is 0 Å². The van der Waals surface area contributed by atoms with Crippen LogP contribution in [0.25, 0.3) is 0 Å². The molecular weight excluding hydrogens is 228 g/mol. The van der Waals surface area contributed by atoms with Gasteiger partial charge in [0.2, 0.25) is 0 Å². The molecule has 0 aromatic rings. The normalized spacial score (nSPS) is 26.5. The third-order valence-electron chi connectivity index (χ3n) is 1.59. The van der Waals surface area contributed by atoms with Crippen molar-refractivity contribution in [1.29, 1.82) is 0 Å². The topological polar surface area (TPSA) is 9.23 Å². The Kier molecular flexibility index (Phi) is 3.55. The van der Waals surface area contributed by atoms with E-state index in [2.05, 4.69) is 35.5 Å². The fraction of sp³-hybridized carbons (Fsp3) is 0.273. The molecule has 0 aliphatic heterocycles. The van der Waals surface area contributed by atoms with Crippen LogP contribution in [0.4, 0.5) is 0 Å². The Labute approximate surface area is 87.6 Å². The Bertz CT molecular complexity index is 272. The first-order chi connectivity index (χ1) is 6.14. The van der Waals surface area contributed by atoms with Crippen LogP contribution in [0.2, 0.25) is 0 Å². The van der Waals surface area contributed by atoms with Crippen molar-refractivity contribution in [3.63, 3.8) is 0 Å².